The predicted octanol–water partition coefficient (Wildman–Crippen LogP) is -2.03. The number of hydrogen-bond donors (Lipinski definition) is 2. The first-order valence-corrected chi connectivity index (χ1v) is 13.6. The van der Waals surface area contributed by atoms with Crippen LogP contribution in [0, 0.1) is 11.8 Å². The Morgan fingerprint density at radius 1 is 0.621 bits per heavy atom. The molecule has 2 nitrogen and oxygen atoms in total. The molecular formula is C23H44Cl2N2S2. The van der Waals surface area contributed by atoms with Crippen molar-refractivity contribution in [2.24, 2.45) is 11.8 Å². The molecule has 0 amide bonds. The van der Waals surface area contributed by atoms with Gasteiger partial charge >= 0.3 is 0 Å². The maximum atomic E-state index is 6.21. The third-order valence-electron chi connectivity index (χ3n) is 6.53. The fourth-order valence-electron chi connectivity index (χ4n) is 3.97. The minimum absolute atomic E-state index is 0. The molecule has 29 heavy (non-hydrogen) atoms. The molecule has 2 aliphatic carbocycles. The predicted molar refractivity (Wildman–Crippen MR) is 125 cm³/mol. The normalized spacial score (nSPS) is 25.2. The van der Waals surface area contributed by atoms with Gasteiger partial charge in [-0.3, -0.25) is 10.8 Å². The van der Waals surface area contributed by atoms with Gasteiger partial charge in [-0.1, -0.05) is 20.3 Å². The summed E-state index contributed by atoms with van der Waals surface area (Å²) in [6, 6.07) is 0. The van der Waals surface area contributed by atoms with Crippen molar-refractivity contribution < 1.29 is 35.6 Å². The average molecular weight is 484 g/mol. The molecule has 0 aromatic carbocycles. The summed E-state index contributed by atoms with van der Waals surface area (Å²) in [6.07, 6.45) is 16.5. The summed E-state index contributed by atoms with van der Waals surface area (Å²) in [7, 11) is 0. The lowest BCUT2D eigenvalue weighted by Gasteiger charge is -2.33. The summed E-state index contributed by atoms with van der Waals surface area (Å²) >= 11 is 4.35. The summed E-state index contributed by atoms with van der Waals surface area (Å²) in [5.74, 6) is 4.48. The monoisotopic (exact) mass is 482 g/mol. The highest BCUT2D eigenvalue weighted by Gasteiger charge is 2.27. The van der Waals surface area contributed by atoms with Crippen molar-refractivity contribution in [2.75, 3.05) is 11.5 Å². The van der Waals surface area contributed by atoms with Gasteiger partial charge in [-0.15, -0.1) is 0 Å². The second-order valence-corrected chi connectivity index (χ2v) is 11.7. The molecule has 0 aliphatic heterocycles. The molecule has 0 aromatic heterocycles. The van der Waals surface area contributed by atoms with Crippen molar-refractivity contribution in [1.29, 1.82) is 0 Å². The third kappa shape index (κ3) is 12.3. The van der Waals surface area contributed by atoms with Crippen molar-refractivity contribution in [3.8, 4) is 0 Å². The van der Waals surface area contributed by atoms with Gasteiger partial charge in [0.15, 0.2) is 0 Å². The molecule has 0 saturated heterocycles. The lowest BCUT2D eigenvalue weighted by atomic mass is 9.87. The van der Waals surface area contributed by atoms with Crippen LogP contribution < -0.4 is 35.6 Å². The van der Waals surface area contributed by atoms with Gasteiger partial charge in [0.05, 0.1) is 0 Å². The topological polar surface area (TPSA) is 51.2 Å². The first kappa shape index (κ1) is 29.6. The van der Waals surface area contributed by atoms with Crippen molar-refractivity contribution in [2.45, 2.75) is 108 Å². The fraction of sp³-hybridized carbons (Fsp3) is 0.913. The lowest BCUT2D eigenvalue weighted by Crippen LogP contribution is -3.00. The van der Waals surface area contributed by atoms with Gasteiger partial charge in [-0.25, -0.2) is 0 Å². The van der Waals surface area contributed by atoms with E-state index in [1.54, 1.807) is 0 Å². The van der Waals surface area contributed by atoms with E-state index in [1.165, 1.54) is 80.7 Å². The van der Waals surface area contributed by atoms with Gasteiger partial charge in [-0.05, 0) is 74.7 Å². The number of unbranched alkanes of at least 4 members (excludes halogenated alkanes) is 2. The van der Waals surface area contributed by atoms with Crippen LogP contribution in [0.15, 0.2) is 0 Å². The van der Waals surface area contributed by atoms with Crippen LogP contribution in [-0.2, 0) is 0 Å². The zero-order valence-electron chi connectivity index (χ0n) is 18.6. The van der Waals surface area contributed by atoms with E-state index in [4.69, 9.17) is 10.8 Å². The van der Waals surface area contributed by atoms with E-state index < -0.39 is 0 Å². The maximum Gasteiger partial charge on any atom is 0.149 e. The van der Waals surface area contributed by atoms with E-state index in [2.05, 4.69) is 37.4 Å². The minimum atomic E-state index is 0. The molecule has 172 valence electrons. The van der Waals surface area contributed by atoms with Gasteiger partial charge in [0.25, 0.3) is 0 Å². The van der Waals surface area contributed by atoms with Gasteiger partial charge in [0.2, 0.25) is 0 Å². The average Bonchev–Trinajstić information content (AvgIpc) is 2.64. The Hall–Kier alpha value is 0.620. The first-order valence-electron chi connectivity index (χ1n) is 11.5. The Kier molecular flexibility index (Phi) is 17.6. The van der Waals surface area contributed by atoms with Gasteiger partial charge in [0, 0.05) is 36.2 Å². The molecule has 2 rings (SSSR count). The van der Waals surface area contributed by atoms with E-state index >= 15 is 0 Å². The second-order valence-electron chi connectivity index (χ2n) is 9.01. The summed E-state index contributed by atoms with van der Waals surface area (Å²) < 4.78 is 0. The van der Waals surface area contributed by atoms with E-state index in [1.807, 2.05) is 0 Å². The van der Waals surface area contributed by atoms with E-state index in [0.29, 0.717) is 0 Å². The highest BCUT2D eigenvalue weighted by atomic mass is 35.5. The van der Waals surface area contributed by atoms with Crippen LogP contribution in [0.5, 0.6) is 0 Å². The van der Waals surface area contributed by atoms with Gasteiger partial charge in [0.1, 0.15) is 11.4 Å². The molecule has 2 fully saturated rings. The first-order chi connectivity index (χ1) is 13.1. The molecule has 0 spiro atoms. The quantitative estimate of drug-likeness (QED) is 0.197. The minimum Gasteiger partial charge on any atom is -1.00 e. The molecule has 0 aromatic rings. The van der Waals surface area contributed by atoms with Crippen LogP contribution in [-0.4, -0.2) is 33.4 Å². The van der Waals surface area contributed by atoms with Crippen LogP contribution in [0.1, 0.15) is 97.3 Å². The molecule has 4 N–H and O–H groups in total. The van der Waals surface area contributed by atoms with Gasteiger partial charge in [-0.2, -0.15) is 23.5 Å². The van der Waals surface area contributed by atoms with Crippen molar-refractivity contribution in [1.82, 2.24) is 0 Å². The second kappa shape index (κ2) is 17.2. The number of thioether (sulfide) groups is 2. The molecule has 4 unspecified atom stereocenters. The molecule has 0 radical (unpaired) electrons. The molecular weight excluding hydrogens is 439 g/mol. The van der Waals surface area contributed by atoms with Gasteiger partial charge < -0.3 is 24.8 Å². The molecule has 4 atom stereocenters. The molecule has 2 aliphatic rings. The Balaban J connectivity index is 0.00000392. The zero-order valence-corrected chi connectivity index (χ0v) is 21.8. The molecule has 0 bridgehead atoms. The largest absolute Gasteiger partial charge is 1.00 e. The number of halogens is 2. The highest BCUT2D eigenvalue weighted by Crippen LogP contribution is 2.38. The summed E-state index contributed by atoms with van der Waals surface area (Å²) in [5.41, 5.74) is 2.44. The fourth-order valence-corrected chi connectivity index (χ4v) is 6.73. The van der Waals surface area contributed by atoms with Crippen LogP contribution in [0.2, 0.25) is 0 Å². The Bertz CT molecular complexity index is 422. The zero-order chi connectivity index (χ0) is 19.5. The molecule has 0 heterocycles. The van der Waals surface area contributed by atoms with Crippen molar-refractivity contribution in [3.05, 3.63) is 0 Å². The number of rotatable bonds is 16. The standard InChI is InChI=1S/C23H42N2S2.2ClH/c1-18-12-14-22(18)26-16-6-10-20(24)8-4-3-5-9-21(25)11-7-17-27-23-15-13-19(23)2;;/h18-19,22-25H,3-17H2,1-2H3;2*1H. The van der Waals surface area contributed by atoms with Crippen molar-refractivity contribution in [3.63, 3.8) is 0 Å². The molecule has 6 heteroatoms. The van der Waals surface area contributed by atoms with Crippen molar-refractivity contribution >= 4 is 34.9 Å². The Morgan fingerprint density at radius 2 is 1.00 bits per heavy atom. The third-order valence-corrected chi connectivity index (χ3v) is 9.83. The Labute approximate surface area is 201 Å². The lowest BCUT2D eigenvalue weighted by molar-refractivity contribution is -0.119. The highest BCUT2D eigenvalue weighted by molar-refractivity contribution is 8.00. The molecule has 2 saturated carbocycles. The van der Waals surface area contributed by atoms with E-state index in [9.17, 15) is 0 Å². The maximum absolute atomic E-state index is 6.21. The summed E-state index contributed by atoms with van der Waals surface area (Å²) in [5, 5.41) is 14.3. The van der Waals surface area contributed by atoms with Crippen LogP contribution in [0.4, 0.5) is 0 Å². The van der Waals surface area contributed by atoms with E-state index in [-0.39, 0.29) is 24.8 Å². The van der Waals surface area contributed by atoms with Crippen LogP contribution in [0.25, 0.3) is 0 Å². The van der Waals surface area contributed by atoms with Crippen LogP contribution >= 0.6 is 23.5 Å². The number of nitrogens with two attached hydrogens (primary N) is 2. The smallest absolute Gasteiger partial charge is 0.149 e. The summed E-state index contributed by atoms with van der Waals surface area (Å²) in [4.78, 5) is 0. The summed E-state index contributed by atoms with van der Waals surface area (Å²) in [6.45, 7) is 4.78. The van der Waals surface area contributed by atoms with Crippen LogP contribution in [0.3, 0.4) is 0 Å². The van der Waals surface area contributed by atoms with E-state index in [0.717, 1.165) is 48.0 Å². The Morgan fingerprint density at radius 3 is 1.31 bits per heavy atom. The number of hydrogen-bond acceptors (Lipinski definition) is 2. The SMILES string of the molecule is CC1CCC1SCCCC(=[NH2+])CCCCCC(=[NH2+])CCCSC1CCC1C.[Cl-].[Cl-].